The summed E-state index contributed by atoms with van der Waals surface area (Å²) in [5.74, 6) is 0.648. The van der Waals surface area contributed by atoms with E-state index in [2.05, 4.69) is 19.2 Å². The molecule has 0 bridgehead atoms. The van der Waals surface area contributed by atoms with Gasteiger partial charge < -0.3 is 10.1 Å². The Morgan fingerprint density at radius 2 is 1.83 bits per heavy atom. The number of benzene rings is 2. The summed E-state index contributed by atoms with van der Waals surface area (Å²) in [6.07, 6.45) is 0. The molecule has 0 aliphatic carbocycles. The quantitative estimate of drug-likeness (QED) is 0.804. The van der Waals surface area contributed by atoms with Crippen molar-refractivity contribution in [3.05, 3.63) is 59.2 Å². The fourth-order valence-corrected chi connectivity index (χ4v) is 2.47. The Bertz CT molecular complexity index is 750. The van der Waals surface area contributed by atoms with Gasteiger partial charge in [0, 0.05) is 5.56 Å². The molecule has 2 aromatic rings. The number of hydrogen-bond donors (Lipinski definition) is 1. The number of carbonyl (C=O) groups excluding carboxylic acids is 2. The van der Waals surface area contributed by atoms with E-state index in [1.54, 1.807) is 24.3 Å². The predicted molar refractivity (Wildman–Crippen MR) is 95.8 cm³/mol. The van der Waals surface area contributed by atoms with Crippen LogP contribution in [0.3, 0.4) is 0 Å². The Balaban J connectivity index is 2.07. The van der Waals surface area contributed by atoms with Crippen LogP contribution >= 0.6 is 0 Å². The third-order valence-electron chi connectivity index (χ3n) is 3.73. The second-order valence-corrected chi connectivity index (χ2v) is 6.13. The van der Waals surface area contributed by atoms with Crippen molar-refractivity contribution in [2.45, 2.75) is 33.6 Å². The first-order chi connectivity index (χ1) is 11.4. The minimum absolute atomic E-state index is 0.0902. The summed E-state index contributed by atoms with van der Waals surface area (Å²) in [5, 5.41) is 2.74. The molecule has 0 radical (unpaired) electrons. The lowest BCUT2D eigenvalue weighted by Gasteiger charge is -2.15. The molecule has 0 spiro atoms. The van der Waals surface area contributed by atoms with Crippen LogP contribution in [0.5, 0.6) is 5.75 Å². The summed E-state index contributed by atoms with van der Waals surface area (Å²) in [6, 6.07) is 12.9. The summed E-state index contributed by atoms with van der Waals surface area (Å²) in [7, 11) is 0. The van der Waals surface area contributed by atoms with E-state index in [1.807, 2.05) is 25.1 Å². The minimum atomic E-state index is -0.292. The molecule has 0 aliphatic heterocycles. The maximum atomic E-state index is 12.2. The molecular formula is C20H23NO3. The lowest BCUT2D eigenvalue weighted by Crippen LogP contribution is -2.21. The van der Waals surface area contributed by atoms with Gasteiger partial charge in [-0.05, 0) is 49.1 Å². The van der Waals surface area contributed by atoms with Crippen LogP contribution in [0.1, 0.15) is 48.2 Å². The van der Waals surface area contributed by atoms with E-state index in [0.717, 1.165) is 16.9 Å². The van der Waals surface area contributed by atoms with Crippen LogP contribution in [0.4, 0.5) is 5.69 Å². The van der Waals surface area contributed by atoms with E-state index in [-0.39, 0.29) is 18.3 Å². The topological polar surface area (TPSA) is 55.4 Å². The maximum Gasteiger partial charge on any atom is 0.262 e. The average molecular weight is 325 g/mol. The highest BCUT2D eigenvalue weighted by Gasteiger charge is 2.12. The van der Waals surface area contributed by atoms with Gasteiger partial charge in [-0.1, -0.05) is 38.1 Å². The number of Topliss-reactive ketones (excluding diaryl/α,β-unsaturated/α-hetero) is 1. The SMILES string of the molecule is CC(=O)c1ccccc1NC(=O)COc1cc(C)ccc1C(C)C. The molecule has 4 nitrogen and oxygen atoms in total. The van der Waals surface area contributed by atoms with E-state index in [4.69, 9.17) is 4.74 Å². The minimum Gasteiger partial charge on any atom is -0.483 e. The molecule has 4 heteroatoms. The van der Waals surface area contributed by atoms with Crippen molar-refractivity contribution in [1.29, 1.82) is 0 Å². The molecule has 0 saturated heterocycles. The van der Waals surface area contributed by atoms with Gasteiger partial charge in [-0.2, -0.15) is 0 Å². The zero-order valence-electron chi connectivity index (χ0n) is 14.6. The van der Waals surface area contributed by atoms with Gasteiger partial charge >= 0.3 is 0 Å². The van der Waals surface area contributed by atoms with Crippen LogP contribution in [0.25, 0.3) is 0 Å². The molecule has 0 heterocycles. The molecule has 0 unspecified atom stereocenters. The van der Waals surface area contributed by atoms with Crippen LogP contribution in [0.2, 0.25) is 0 Å². The first kappa shape index (κ1) is 17.7. The van der Waals surface area contributed by atoms with Crippen molar-refractivity contribution in [2.24, 2.45) is 0 Å². The van der Waals surface area contributed by atoms with Crippen LogP contribution in [-0.2, 0) is 4.79 Å². The molecule has 1 amide bonds. The van der Waals surface area contributed by atoms with Crippen molar-refractivity contribution >= 4 is 17.4 Å². The summed E-state index contributed by atoms with van der Waals surface area (Å²) >= 11 is 0. The number of para-hydroxylation sites is 1. The Hall–Kier alpha value is -2.62. The van der Waals surface area contributed by atoms with E-state index >= 15 is 0 Å². The van der Waals surface area contributed by atoms with Crippen molar-refractivity contribution in [1.82, 2.24) is 0 Å². The fraction of sp³-hybridized carbons (Fsp3) is 0.300. The van der Waals surface area contributed by atoms with Crippen molar-refractivity contribution in [2.75, 3.05) is 11.9 Å². The second kappa shape index (κ2) is 7.77. The van der Waals surface area contributed by atoms with Crippen LogP contribution in [-0.4, -0.2) is 18.3 Å². The van der Waals surface area contributed by atoms with E-state index in [1.165, 1.54) is 6.92 Å². The number of anilines is 1. The monoisotopic (exact) mass is 325 g/mol. The largest absolute Gasteiger partial charge is 0.483 e. The third-order valence-corrected chi connectivity index (χ3v) is 3.73. The second-order valence-electron chi connectivity index (χ2n) is 6.13. The Morgan fingerprint density at radius 3 is 2.50 bits per heavy atom. The van der Waals surface area contributed by atoms with Crippen LogP contribution in [0, 0.1) is 6.92 Å². The zero-order valence-corrected chi connectivity index (χ0v) is 14.6. The summed E-state index contributed by atoms with van der Waals surface area (Å²) < 4.78 is 5.72. The van der Waals surface area contributed by atoms with Crippen molar-refractivity contribution in [3.8, 4) is 5.75 Å². The maximum absolute atomic E-state index is 12.2. The number of ether oxygens (including phenoxy) is 1. The number of hydrogen-bond acceptors (Lipinski definition) is 3. The first-order valence-corrected chi connectivity index (χ1v) is 8.01. The van der Waals surface area contributed by atoms with Gasteiger partial charge in [-0.25, -0.2) is 0 Å². The van der Waals surface area contributed by atoms with Crippen molar-refractivity contribution in [3.63, 3.8) is 0 Å². The number of aryl methyl sites for hydroxylation is 1. The fourth-order valence-electron chi connectivity index (χ4n) is 2.47. The molecular weight excluding hydrogens is 302 g/mol. The zero-order chi connectivity index (χ0) is 17.7. The smallest absolute Gasteiger partial charge is 0.262 e. The predicted octanol–water partition coefficient (Wildman–Crippen LogP) is 4.34. The van der Waals surface area contributed by atoms with Gasteiger partial charge in [0.15, 0.2) is 12.4 Å². The number of nitrogens with one attached hydrogen (secondary N) is 1. The third kappa shape index (κ3) is 4.44. The van der Waals surface area contributed by atoms with Gasteiger partial charge in [0.2, 0.25) is 0 Å². The molecule has 126 valence electrons. The normalized spacial score (nSPS) is 10.5. The van der Waals surface area contributed by atoms with Gasteiger partial charge in [0.05, 0.1) is 5.69 Å². The molecule has 0 aromatic heterocycles. The van der Waals surface area contributed by atoms with Crippen LogP contribution in [0.15, 0.2) is 42.5 Å². The van der Waals surface area contributed by atoms with Crippen molar-refractivity contribution < 1.29 is 14.3 Å². The highest BCUT2D eigenvalue weighted by atomic mass is 16.5. The molecule has 0 aliphatic rings. The van der Waals surface area contributed by atoms with E-state index < -0.39 is 0 Å². The number of ketones is 1. The Labute approximate surface area is 142 Å². The number of rotatable bonds is 6. The van der Waals surface area contributed by atoms with Gasteiger partial charge in [-0.15, -0.1) is 0 Å². The summed E-state index contributed by atoms with van der Waals surface area (Å²) in [6.45, 7) is 7.53. The van der Waals surface area contributed by atoms with Gasteiger partial charge in [-0.3, -0.25) is 9.59 Å². The highest BCUT2D eigenvalue weighted by Crippen LogP contribution is 2.27. The Morgan fingerprint density at radius 1 is 1.12 bits per heavy atom. The molecule has 24 heavy (non-hydrogen) atoms. The summed E-state index contributed by atoms with van der Waals surface area (Å²) in [5.41, 5.74) is 3.14. The molecule has 0 fully saturated rings. The molecule has 1 N–H and O–H groups in total. The Kier molecular flexibility index (Phi) is 5.74. The molecule has 2 rings (SSSR count). The first-order valence-electron chi connectivity index (χ1n) is 8.01. The lowest BCUT2D eigenvalue weighted by molar-refractivity contribution is -0.118. The van der Waals surface area contributed by atoms with E-state index in [0.29, 0.717) is 17.2 Å². The van der Waals surface area contributed by atoms with E-state index in [9.17, 15) is 9.59 Å². The van der Waals surface area contributed by atoms with Gasteiger partial charge in [0.1, 0.15) is 5.75 Å². The average Bonchev–Trinajstić information content (AvgIpc) is 2.53. The lowest BCUT2D eigenvalue weighted by atomic mass is 10.0. The number of amides is 1. The number of carbonyl (C=O) groups is 2. The van der Waals surface area contributed by atoms with Crippen LogP contribution < -0.4 is 10.1 Å². The highest BCUT2D eigenvalue weighted by molar-refractivity contribution is 6.03. The van der Waals surface area contributed by atoms with Gasteiger partial charge in [0.25, 0.3) is 5.91 Å². The molecule has 0 atom stereocenters. The molecule has 0 saturated carbocycles. The standard InChI is InChI=1S/C20H23NO3/c1-13(2)16-10-9-14(3)11-19(16)24-12-20(23)21-18-8-6-5-7-17(18)15(4)22/h5-11,13H,12H2,1-4H3,(H,21,23). The molecule has 2 aromatic carbocycles. The summed E-state index contributed by atoms with van der Waals surface area (Å²) in [4.78, 5) is 23.8.